The first-order valence-corrected chi connectivity index (χ1v) is 6.76. The number of carbonyl (C=O) groups is 2. The average molecular weight is 255 g/mol. The van der Waals surface area contributed by atoms with Crippen LogP contribution in [-0.4, -0.2) is 41.9 Å². The largest absolute Gasteiger partial charge is 0.346 e. The van der Waals surface area contributed by atoms with Gasteiger partial charge in [0.05, 0.1) is 12.6 Å². The second-order valence-corrected chi connectivity index (χ2v) is 5.42. The molecule has 1 rings (SSSR count). The zero-order valence-electron chi connectivity index (χ0n) is 11.6. The average Bonchev–Trinajstić information content (AvgIpc) is 2.35. The summed E-state index contributed by atoms with van der Waals surface area (Å²) in [5.41, 5.74) is 5.72. The van der Waals surface area contributed by atoms with Crippen molar-refractivity contribution in [1.29, 1.82) is 0 Å². The molecule has 3 N–H and O–H groups in total. The Labute approximate surface area is 109 Å². The van der Waals surface area contributed by atoms with Crippen LogP contribution in [0.5, 0.6) is 0 Å². The third-order valence-electron chi connectivity index (χ3n) is 3.56. The molecule has 18 heavy (non-hydrogen) atoms. The van der Waals surface area contributed by atoms with Gasteiger partial charge in [-0.3, -0.25) is 9.59 Å². The second-order valence-electron chi connectivity index (χ2n) is 5.42. The lowest BCUT2D eigenvalue weighted by molar-refractivity contribution is -0.136. The summed E-state index contributed by atoms with van der Waals surface area (Å²) in [6.07, 6.45) is 3.27. The Hall–Kier alpha value is -1.10. The van der Waals surface area contributed by atoms with Crippen LogP contribution in [0.1, 0.15) is 40.0 Å². The van der Waals surface area contributed by atoms with Gasteiger partial charge in [-0.25, -0.2) is 0 Å². The minimum atomic E-state index is -0.545. The Bertz CT molecular complexity index is 305. The van der Waals surface area contributed by atoms with Gasteiger partial charge >= 0.3 is 0 Å². The first-order valence-electron chi connectivity index (χ1n) is 6.76. The molecule has 0 saturated carbocycles. The van der Waals surface area contributed by atoms with Crippen molar-refractivity contribution < 1.29 is 9.59 Å². The third kappa shape index (κ3) is 3.98. The van der Waals surface area contributed by atoms with Crippen LogP contribution in [0.2, 0.25) is 0 Å². The maximum atomic E-state index is 12.0. The van der Waals surface area contributed by atoms with E-state index in [1.54, 1.807) is 0 Å². The van der Waals surface area contributed by atoms with Crippen LogP contribution >= 0.6 is 0 Å². The van der Waals surface area contributed by atoms with Gasteiger partial charge in [0.15, 0.2) is 0 Å². The lowest BCUT2D eigenvalue weighted by atomic mass is 10.0. The van der Waals surface area contributed by atoms with E-state index < -0.39 is 6.04 Å². The number of nitrogens with two attached hydrogens (primary N) is 1. The molecule has 1 aliphatic rings. The molecule has 104 valence electrons. The van der Waals surface area contributed by atoms with Gasteiger partial charge in [0, 0.05) is 12.6 Å². The highest BCUT2D eigenvalue weighted by molar-refractivity contribution is 5.87. The number of hydrogen-bond donors (Lipinski definition) is 2. The number of nitrogens with one attached hydrogen (secondary N) is 1. The summed E-state index contributed by atoms with van der Waals surface area (Å²) < 4.78 is 0. The molecule has 5 nitrogen and oxygen atoms in total. The normalized spacial score (nSPS) is 21.8. The van der Waals surface area contributed by atoms with Crippen LogP contribution < -0.4 is 11.1 Å². The number of piperidine rings is 1. The van der Waals surface area contributed by atoms with Crippen LogP contribution in [0, 0.1) is 5.92 Å². The second kappa shape index (κ2) is 6.73. The summed E-state index contributed by atoms with van der Waals surface area (Å²) >= 11 is 0. The zero-order valence-corrected chi connectivity index (χ0v) is 11.6. The molecule has 0 aromatic rings. The molecule has 1 fully saturated rings. The summed E-state index contributed by atoms with van der Waals surface area (Å²) in [7, 11) is 0. The highest BCUT2D eigenvalue weighted by Gasteiger charge is 2.24. The van der Waals surface area contributed by atoms with Crippen LogP contribution in [-0.2, 0) is 9.59 Å². The number of carbonyl (C=O) groups excluding carboxylic acids is 2. The van der Waals surface area contributed by atoms with Gasteiger partial charge in [0.2, 0.25) is 11.8 Å². The molecule has 1 aliphatic heterocycles. The predicted molar refractivity (Wildman–Crippen MR) is 70.8 cm³/mol. The van der Waals surface area contributed by atoms with Gasteiger partial charge in [0.1, 0.15) is 0 Å². The Morgan fingerprint density at radius 2 is 2.06 bits per heavy atom. The molecule has 2 atom stereocenters. The zero-order chi connectivity index (χ0) is 13.7. The van der Waals surface area contributed by atoms with E-state index in [1.807, 2.05) is 18.7 Å². The minimum Gasteiger partial charge on any atom is -0.346 e. The quantitative estimate of drug-likeness (QED) is 0.767. The fraction of sp³-hybridized carbons (Fsp3) is 0.846. The van der Waals surface area contributed by atoms with Crippen molar-refractivity contribution in [1.82, 2.24) is 10.2 Å². The molecule has 0 aromatic carbocycles. The van der Waals surface area contributed by atoms with Crippen molar-refractivity contribution in [2.24, 2.45) is 11.7 Å². The van der Waals surface area contributed by atoms with Crippen molar-refractivity contribution in [3.63, 3.8) is 0 Å². The molecular formula is C13H25N3O2. The Morgan fingerprint density at radius 3 is 2.61 bits per heavy atom. The molecule has 1 unspecified atom stereocenters. The molecule has 1 heterocycles. The van der Waals surface area contributed by atoms with E-state index in [1.165, 1.54) is 6.42 Å². The number of amides is 2. The Kier molecular flexibility index (Phi) is 5.59. The topological polar surface area (TPSA) is 75.4 Å². The fourth-order valence-electron chi connectivity index (χ4n) is 2.15. The van der Waals surface area contributed by atoms with E-state index in [2.05, 4.69) is 12.2 Å². The minimum absolute atomic E-state index is 0.00786. The Morgan fingerprint density at radius 1 is 1.39 bits per heavy atom. The smallest absolute Gasteiger partial charge is 0.242 e. The highest BCUT2D eigenvalue weighted by Crippen LogP contribution is 2.15. The number of hydrogen-bond acceptors (Lipinski definition) is 3. The Balaban J connectivity index is 2.38. The third-order valence-corrected chi connectivity index (χ3v) is 3.56. The van der Waals surface area contributed by atoms with Gasteiger partial charge in [-0.15, -0.1) is 0 Å². The van der Waals surface area contributed by atoms with Crippen molar-refractivity contribution in [3.05, 3.63) is 0 Å². The lowest BCUT2D eigenvalue weighted by Crippen LogP contribution is -2.50. The molecule has 1 saturated heterocycles. The molecule has 5 heteroatoms. The van der Waals surface area contributed by atoms with Gasteiger partial charge < -0.3 is 16.0 Å². The summed E-state index contributed by atoms with van der Waals surface area (Å²) in [5, 5.41) is 2.63. The number of nitrogens with zero attached hydrogens (tertiary/aromatic N) is 1. The standard InChI is InChI=1S/C13H25N3O2/c1-9(2)12(14)13(18)15-8-11(17)16-7-5-4-6-10(16)3/h9-10,12H,4-8,14H2,1-3H3,(H,15,18)/t10?,12-/m0/s1. The first-order chi connectivity index (χ1) is 8.43. The van der Waals surface area contributed by atoms with E-state index in [0.29, 0.717) is 0 Å². The molecule has 0 bridgehead atoms. The van der Waals surface area contributed by atoms with Gasteiger partial charge in [0.25, 0.3) is 0 Å². The van der Waals surface area contributed by atoms with Crippen molar-refractivity contribution in [2.45, 2.75) is 52.1 Å². The van der Waals surface area contributed by atoms with Crippen molar-refractivity contribution in [3.8, 4) is 0 Å². The van der Waals surface area contributed by atoms with Crippen LogP contribution in [0.25, 0.3) is 0 Å². The lowest BCUT2D eigenvalue weighted by Gasteiger charge is -2.33. The molecular weight excluding hydrogens is 230 g/mol. The van der Waals surface area contributed by atoms with E-state index in [4.69, 9.17) is 5.73 Å². The van der Waals surface area contributed by atoms with Crippen LogP contribution in [0.4, 0.5) is 0 Å². The van der Waals surface area contributed by atoms with Crippen molar-refractivity contribution in [2.75, 3.05) is 13.1 Å². The van der Waals surface area contributed by atoms with E-state index in [9.17, 15) is 9.59 Å². The van der Waals surface area contributed by atoms with Gasteiger partial charge in [-0.2, -0.15) is 0 Å². The van der Waals surface area contributed by atoms with Crippen LogP contribution in [0.15, 0.2) is 0 Å². The van der Waals surface area contributed by atoms with E-state index in [-0.39, 0.29) is 30.3 Å². The number of rotatable bonds is 4. The maximum absolute atomic E-state index is 12.0. The summed E-state index contributed by atoms with van der Waals surface area (Å²) in [5.74, 6) is -0.177. The first kappa shape index (κ1) is 15.0. The highest BCUT2D eigenvalue weighted by atomic mass is 16.2. The van der Waals surface area contributed by atoms with Crippen LogP contribution in [0.3, 0.4) is 0 Å². The molecule has 0 spiro atoms. The summed E-state index contributed by atoms with van der Waals surface area (Å²) in [6, 6.07) is -0.265. The van der Waals surface area contributed by atoms with Gasteiger partial charge in [-0.1, -0.05) is 13.8 Å². The maximum Gasteiger partial charge on any atom is 0.242 e. The van der Waals surface area contributed by atoms with E-state index >= 15 is 0 Å². The molecule has 0 aliphatic carbocycles. The van der Waals surface area contributed by atoms with Crippen molar-refractivity contribution >= 4 is 11.8 Å². The monoisotopic (exact) mass is 255 g/mol. The fourth-order valence-corrected chi connectivity index (χ4v) is 2.15. The molecule has 2 amide bonds. The van der Waals surface area contributed by atoms with Gasteiger partial charge in [-0.05, 0) is 32.1 Å². The number of likely N-dealkylation sites (tertiary alicyclic amines) is 1. The summed E-state index contributed by atoms with van der Waals surface area (Å²) in [4.78, 5) is 25.5. The predicted octanol–water partition coefficient (Wildman–Crippen LogP) is 0.487. The SMILES string of the molecule is CC(C)[C@H](N)C(=O)NCC(=O)N1CCCCC1C. The summed E-state index contributed by atoms with van der Waals surface area (Å²) in [6.45, 7) is 6.69. The molecule has 0 aromatic heterocycles. The van der Waals surface area contributed by atoms with E-state index in [0.717, 1.165) is 19.4 Å². The molecule has 0 radical (unpaired) electrons.